The maximum absolute atomic E-state index is 11.1. The summed E-state index contributed by atoms with van der Waals surface area (Å²) < 4.78 is 0. The number of nitrogens with zero attached hydrogens (tertiary/aromatic N) is 1. The zero-order valence-corrected chi connectivity index (χ0v) is 7.81. The number of amides is 1. The number of nitrogens with two attached hydrogens (primary N) is 1. The molecule has 0 fully saturated rings. The summed E-state index contributed by atoms with van der Waals surface area (Å²) in [6.45, 7) is 3.65. The number of carbonyl (C=O) groups is 1. The van der Waals surface area contributed by atoms with Crippen molar-refractivity contribution in [3.63, 3.8) is 0 Å². The highest BCUT2D eigenvalue weighted by Gasteiger charge is 2.08. The number of thiazole rings is 1. The SMILES string of the molecule is CC(C)C(=O)Nc1ncc(N)s1. The van der Waals surface area contributed by atoms with E-state index in [4.69, 9.17) is 5.73 Å². The third kappa shape index (κ3) is 2.20. The van der Waals surface area contributed by atoms with Gasteiger partial charge in [0, 0.05) is 5.92 Å². The summed E-state index contributed by atoms with van der Waals surface area (Å²) in [5.74, 6) is -0.0699. The zero-order valence-electron chi connectivity index (χ0n) is 7.00. The molecule has 0 radical (unpaired) electrons. The summed E-state index contributed by atoms with van der Waals surface area (Å²) in [5.41, 5.74) is 5.44. The van der Waals surface area contributed by atoms with Gasteiger partial charge >= 0.3 is 0 Å². The monoisotopic (exact) mass is 185 g/mol. The fourth-order valence-electron chi connectivity index (χ4n) is 0.594. The molecule has 0 saturated carbocycles. The van der Waals surface area contributed by atoms with Gasteiger partial charge in [0.15, 0.2) is 5.13 Å². The lowest BCUT2D eigenvalue weighted by Crippen LogP contribution is -2.17. The highest BCUT2D eigenvalue weighted by Crippen LogP contribution is 2.19. The molecule has 5 heteroatoms. The van der Waals surface area contributed by atoms with Gasteiger partial charge in [-0.25, -0.2) is 4.98 Å². The molecule has 0 aliphatic carbocycles. The third-order valence-electron chi connectivity index (χ3n) is 1.28. The Hall–Kier alpha value is -1.10. The van der Waals surface area contributed by atoms with E-state index >= 15 is 0 Å². The second kappa shape index (κ2) is 3.53. The third-order valence-corrected chi connectivity index (χ3v) is 2.02. The standard InChI is InChI=1S/C7H11N3OS/c1-4(2)6(11)10-7-9-3-5(8)12-7/h3-4H,8H2,1-2H3,(H,9,10,11). The van der Waals surface area contributed by atoms with E-state index in [1.54, 1.807) is 0 Å². The molecule has 0 unspecified atom stereocenters. The molecule has 1 heterocycles. The van der Waals surface area contributed by atoms with Crippen LogP contribution in [0.1, 0.15) is 13.8 Å². The van der Waals surface area contributed by atoms with Crippen LogP contribution in [0, 0.1) is 5.92 Å². The molecule has 1 aromatic heterocycles. The first-order valence-electron chi connectivity index (χ1n) is 3.61. The van der Waals surface area contributed by atoms with Gasteiger partial charge in [-0.1, -0.05) is 25.2 Å². The molecule has 0 aromatic carbocycles. The Morgan fingerprint density at radius 2 is 2.42 bits per heavy atom. The van der Waals surface area contributed by atoms with Crippen molar-refractivity contribution < 1.29 is 4.79 Å². The quantitative estimate of drug-likeness (QED) is 0.730. The molecule has 1 amide bonds. The molecule has 1 aromatic rings. The van der Waals surface area contributed by atoms with Gasteiger partial charge in [0.05, 0.1) is 6.20 Å². The van der Waals surface area contributed by atoms with Crippen molar-refractivity contribution in [2.45, 2.75) is 13.8 Å². The minimum Gasteiger partial charge on any atom is -0.389 e. The van der Waals surface area contributed by atoms with Crippen LogP contribution in [0.2, 0.25) is 0 Å². The van der Waals surface area contributed by atoms with Gasteiger partial charge in [0.2, 0.25) is 5.91 Å². The van der Waals surface area contributed by atoms with E-state index in [0.717, 1.165) is 0 Å². The van der Waals surface area contributed by atoms with Crippen molar-refractivity contribution in [1.82, 2.24) is 4.98 Å². The molecular formula is C7H11N3OS. The predicted molar refractivity (Wildman–Crippen MR) is 50.0 cm³/mol. The number of nitrogens with one attached hydrogen (secondary N) is 1. The van der Waals surface area contributed by atoms with Crippen LogP contribution in [0.4, 0.5) is 10.1 Å². The Morgan fingerprint density at radius 3 is 2.83 bits per heavy atom. The predicted octanol–water partition coefficient (Wildman–Crippen LogP) is 1.32. The number of rotatable bonds is 2. The summed E-state index contributed by atoms with van der Waals surface area (Å²) in [6.07, 6.45) is 1.53. The molecule has 12 heavy (non-hydrogen) atoms. The minimum atomic E-state index is -0.0376. The number of nitrogen functional groups attached to an aromatic ring is 1. The average Bonchev–Trinajstić information content (AvgIpc) is 2.35. The lowest BCUT2D eigenvalue weighted by molar-refractivity contribution is -0.118. The first-order valence-corrected chi connectivity index (χ1v) is 4.43. The van der Waals surface area contributed by atoms with Crippen molar-refractivity contribution in [2.75, 3.05) is 11.1 Å². The van der Waals surface area contributed by atoms with Crippen LogP contribution < -0.4 is 11.1 Å². The summed E-state index contributed by atoms with van der Waals surface area (Å²) in [6, 6.07) is 0. The van der Waals surface area contributed by atoms with Crippen molar-refractivity contribution >= 4 is 27.4 Å². The smallest absolute Gasteiger partial charge is 0.228 e. The Balaban J connectivity index is 2.58. The lowest BCUT2D eigenvalue weighted by Gasteiger charge is -2.02. The molecule has 0 atom stereocenters. The van der Waals surface area contributed by atoms with E-state index in [0.29, 0.717) is 10.1 Å². The van der Waals surface area contributed by atoms with Crippen molar-refractivity contribution in [1.29, 1.82) is 0 Å². The molecule has 1 rings (SSSR count). The van der Waals surface area contributed by atoms with E-state index in [1.165, 1.54) is 17.5 Å². The van der Waals surface area contributed by atoms with E-state index in [-0.39, 0.29) is 11.8 Å². The second-order valence-corrected chi connectivity index (χ2v) is 3.77. The van der Waals surface area contributed by atoms with Crippen LogP contribution in [-0.4, -0.2) is 10.9 Å². The topological polar surface area (TPSA) is 68.0 Å². The number of aromatic nitrogens is 1. The van der Waals surface area contributed by atoms with Crippen LogP contribution in [0.3, 0.4) is 0 Å². The molecule has 4 nitrogen and oxygen atoms in total. The van der Waals surface area contributed by atoms with Crippen LogP contribution in [0.5, 0.6) is 0 Å². The lowest BCUT2D eigenvalue weighted by atomic mass is 10.2. The maximum atomic E-state index is 11.1. The molecular weight excluding hydrogens is 174 g/mol. The number of carbonyl (C=O) groups excluding carboxylic acids is 1. The van der Waals surface area contributed by atoms with Crippen molar-refractivity contribution in [3.05, 3.63) is 6.20 Å². The summed E-state index contributed by atoms with van der Waals surface area (Å²) in [7, 11) is 0. The Kier molecular flexibility index (Phi) is 2.65. The Morgan fingerprint density at radius 1 is 1.75 bits per heavy atom. The molecule has 0 spiro atoms. The fraction of sp³-hybridized carbons (Fsp3) is 0.429. The number of anilines is 2. The average molecular weight is 185 g/mol. The van der Waals surface area contributed by atoms with E-state index in [9.17, 15) is 4.79 Å². The summed E-state index contributed by atoms with van der Waals surface area (Å²) in [5, 5.41) is 3.82. The Labute approximate surface area is 74.8 Å². The first kappa shape index (κ1) is 8.99. The van der Waals surface area contributed by atoms with Gasteiger partial charge < -0.3 is 11.1 Å². The molecule has 0 aliphatic heterocycles. The van der Waals surface area contributed by atoms with Gasteiger partial charge in [-0.2, -0.15) is 0 Å². The van der Waals surface area contributed by atoms with E-state index in [2.05, 4.69) is 10.3 Å². The number of hydrogen-bond acceptors (Lipinski definition) is 4. The zero-order chi connectivity index (χ0) is 9.14. The van der Waals surface area contributed by atoms with Crippen LogP contribution >= 0.6 is 11.3 Å². The fourth-order valence-corrected chi connectivity index (χ4v) is 1.18. The molecule has 3 N–H and O–H groups in total. The van der Waals surface area contributed by atoms with Gasteiger partial charge in [0.1, 0.15) is 5.00 Å². The molecule has 0 aliphatic rings. The van der Waals surface area contributed by atoms with E-state index < -0.39 is 0 Å². The maximum Gasteiger partial charge on any atom is 0.228 e. The number of hydrogen-bond donors (Lipinski definition) is 2. The van der Waals surface area contributed by atoms with Crippen LogP contribution in [0.15, 0.2) is 6.20 Å². The molecule has 0 saturated heterocycles. The van der Waals surface area contributed by atoms with Crippen molar-refractivity contribution in [3.8, 4) is 0 Å². The van der Waals surface area contributed by atoms with Gasteiger partial charge in [0.25, 0.3) is 0 Å². The summed E-state index contributed by atoms with van der Waals surface area (Å²) >= 11 is 1.27. The van der Waals surface area contributed by atoms with E-state index in [1.807, 2.05) is 13.8 Å². The van der Waals surface area contributed by atoms with Gasteiger partial charge in [-0.3, -0.25) is 4.79 Å². The molecule has 0 bridgehead atoms. The van der Waals surface area contributed by atoms with Crippen molar-refractivity contribution in [2.24, 2.45) is 5.92 Å². The first-order chi connectivity index (χ1) is 5.59. The highest BCUT2D eigenvalue weighted by molar-refractivity contribution is 7.19. The molecule has 66 valence electrons. The summed E-state index contributed by atoms with van der Waals surface area (Å²) in [4.78, 5) is 15.0. The minimum absolute atomic E-state index is 0.0323. The van der Waals surface area contributed by atoms with Gasteiger partial charge in [-0.05, 0) is 0 Å². The van der Waals surface area contributed by atoms with Gasteiger partial charge in [-0.15, -0.1) is 0 Å². The Bertz CT molecular complexity index is 282. The van der Waals surface area contributed by atoms with Crippen LogP contribution in [-0.2, 0) is 4.79 Å². The van der Waals surface area contributed by atoms with Crippen LogP contribution in [0.25, 0.3) is 0 Å². The second-order valence-electron chi connectivity index (χ2n) is 2.71. The highest BCUT2D eigenvalue weighted by atomic mass is 32.1. The normalized spacial score (nSPS) is 10.2. The largest absolute Gasteiger partial charge is 0.389 e.